The van der Waals surface area contributed by atoms with Gasteiger partial charge in [-0.1, -0.05) is 20.8 Å². The molecule has 1 amide bonds. The lowest BCUT2D eigenvalue weighted by molar-refractivity contribution is -0.166. The first-order chi connectivity index (χ1) is 13.7. The van der Waals surface area contributed by atoms with Crippen LogP contribution in [0.1, 0.15) is 85.0 Å². The van der Waals surface area contributed by atoms with Gasteiger partial charge >= 0.3 is 0 Å². The van der Waals surface area contributed by atoms with Crippen LogP contribution in [-0.4, -0.2) is 30.2 Å². The molecule has 4 N–H and O–H groups in total. The highest BCUT2D eigenvalue weighted by Crippen LogP contribution is 2.68. The summed E-state index contributed by atoms with van der Waals surface area (Å²) in [5, 5.41) is 14.1. The maximum atomic E-state index is 11.8. The summed E-state index contributed by atoms with van der Waals surface area (Å²) in [4.78, 5) is 11.8. The summed E-state index contributed by atoms with van der Waals surface area (Å²) < 4.78 is 0. The number of carbonyl (C=O) groups excluding carboxylic acids is 1. The molecule has 0 heterocycles. The highest BCUT2D eigenvalue weighted by atomic mass is 16.3. The lowest BCUT2D eigenvalue weighted by Crippen LogP contribution is -2.59. The highest BCUT2D eigenvalue weighted by molar-refractivity contribution is 5.75. The third kappa shape index (κ3) is 3.46. The van der Waals surface area contributed by atoms with Gasteiger partial charge in [0.25, 0.3) is 0 Å². The number of carbonyl (C=O) groups is 1. The molecule has 4 nitrogen and oxygen atoms in total. The van der Waals surface area contributed by atoms with E-state index in [9.17, 15) is 9.90 Å². The Bertz CT molecular complexity index is 624. The molecular weight excluding hydrogens is 360 g/mol. The summed E-state index contributed by atoms with van der Waals surface area (Å²) in [6.45, 7) is 7.43. The molecule has 4 rings (SSSR count). The van der Waals surface area contributed by atoms with Gasteiger partial charge in [-0.15, -0.1) is 0 Å². The Morgan fingerprint density at radius 3 is 2.52 bits per heavy atom. The van der Waals surface area contributed by atoms with Crippen molar-refractivity contribution < 1.29 is 9.90 Å². The average molecular weight is 405 g/mol. The van der Waals surface area contributed by atoms with Gasteiger partial charge in [-0.05, 0) is 104 Å². The Labute approximate surface area is 177 Å². The van der Waals surface area contributed by atoms with Crippen molar-refractivity contribution in [3.63, 3.8) is 0 Å². The van der Waals surface area contributed by atoms with E-state index in [4.69, 9.17) is 5.73 Å². The molecule has 0 radical (unpaired) electrons. The molecule has 4 saturated carbocycles. The van der Waals surface area contributed by atoms with Crippen LogP contribution < -0.4 is 11.1 Å². The van der Waals surface area contributed by atoms with E-state index in [0.717, 1.165) is 25.7 Å². The molecule has 0 aromatic heterocycles. The highest BCUT2D eigenvalue weighted by Gasteiger charge is 2.62. The van der Waals surface area contributed by atoms with E-state index in [-0.39, 0.29) is 12.0 Å². The topological polar surface area (TPSA) is 75.3 Å². The van der Waals surface area contributed by atoms with E-state index in [2.05, 4.69) is 26.1 Å². The minimum Gasteiger partial charge on any atom is -0.393 e. The Morgan fingerprint density at radius 2 is 1.79 bits per heavy atom. The van der Waals surface area contributed by atoms with Crippen LogP contribution in [0.3, 0.4) is 0 Å². The molecular formula is C25H44N2O2. The molecule has 4 aliphatic rings. The van der Waals surface area contributed by atoms with Gasteiger partial charge in [-0.2, -0.15) is 0 Å². The zero-order valence-electron chi connectivity index (χ0n) is 19.1. The molecule has 4 fully saturated rings. The number of nitrogens with two attached hydrogens (primary N) is 1. The van der Waals surface area contributed by atoms with Crippen LogP contribution in [-0.2, 0) is 4.79 Å². The van der Waals surface area contributed by atoms with Gasteiger partial charge in [0.1, 0.15) is 0 Å². The molecule has 0 aromatic rings. The maximum Gasteiger partial charge on any atom is 0.219 e. The fourth-order valence-electron chi connectivity index (χ4n) is 8.92. The zero-order chi connectivity index (χ0) is 21.0. The van der Waals surface area contributed by atoms with E-state index in [1.54, 1.807) is 7.05 Å². The molecule has 29 heavy (non-hydrogen) atoms. The second-order valence-corrected chi connectivity index (χ2v) is 11.7. The van der Waals surface area contributed by atoms with E-state index < -0.39 is 0 Å². The normalized spacial score (nSPS) is 50.2. The fourth-order valence-corrected chi connectivity index (χ4v) is 8.92. The number of aliphatic hydroxyl groups excluding tert-OH is 1. The van der Waals surface area contributed by atoms with Gasteiger partial charge in [-0.25, -0.2) is 0 Å². The summed E-state index contributed by atoms with van der Waals surface area (Å²) in [6.07, 6.45) is 11.1. The summed E-state index contributed by atoms with van der Waals surface area (Å²) in [6, 6.07) is 0.336. The molecule has 0 spiro atoms. The lowest BCUT2D eigenvalue weighted by Gasteiger charge is -2.62. The second-order valence-electron chi connectivity index (χ2n) is 11.7. The Morgan fingerprint density at radius 1 is 1.10 bits per heavy atom. The van der Waals surface area contributed by atoms with Gasteiger partial charge in [0.15, 0.2) is 0 Å². The van der Waals surface area contributed by atoms with Gasteiger partial charge in [-0.3, -0.25) is 4.79 Å². The van der Waals surface area contributed by atoms with Crippen LogP contribution in [0, 0.1) is 46.3 Å². The van der Waals surface area contributed by atoms with Crippen molar-refractivity contribution in [1.29, 1.82) is 0 Å². The largest absolute Gasteiger partial charge is 0.393 e. The van der Waals surface area contributed by atoms with Crippen LogP contribution in [0.25, 0.3) is 0 Å². The maximum absolute atomic E-state index is 11.8. The summed E-state index contributed by atoms with van der Waals surface area (Å²) >= 11 is 0. The third-order valence-corrected chi connectivity index (χ3v) is 10.6. The number of fused-ring (bicyclic) bond motifs is 5. The molecule has 166 valence electrons. The van der Waals surface area contributed by atoms with E-state index in [1.165, 1.54) is 32.1 Å². The van der Waals surface area contributed by atoms with Gasteiger partial charge < -0.3 is 16.2 Å². The Kier molecular flexibility index (Phi) is 5.83. The lowest BCUT2D eigenvalue weighted by atomic mass is 9.43. The molecule has 4 heteroatoms. The zero-order valence-corrected chi connectivity index (χ0v) is 19.1. The van der Waals surface area contributed by atoms with Crippen molar-refractivity contribution >= 4 is 5.91 Å². The monoisotopic (exact) mass is 404 g/mol. The van der Waals surface area contributed by atoms with Gasteiger partial charge in [0, 0.05) is 19.5 Å². The van der Waals surface area contributed by atoms with Gasteiger partial charge in [0.05, 0.1) is 6.10 Å². The summed E-state index contributed by atoms with van der Waals surface area (Å²) in [7, 11) is 1.73. The smallest absolute Gasteiger partial charge is 0.219 e. The molecule has 0 saturated heterocycles. The van der Waals surface area contributed by atoms with Crippen molar-refractivity contribution in [2.24, 2.45) is 52.1 Å². The molecule has 8 unspecified atom stereocenters. The molecule has 4 aliphatic carbocycles. The first-order valence-corrected chi connectivity index (χ1v) is 12.3. The second kappa shape index (κ2) is 7.82. The van der Waals surface area contributed by atoms with Crippen LogP contribution in [0.4, 0.5) is 0 Å². The number of nitrogens with one attached hydrogen (secondary N) is 1. The number of hydrogen-bond acceptors (Lipinski definition) is 3. The Balaban J connectivity index is 1.53. The van der Waals surface area contributed by atoms with Crippen LogP contribution in [0.15, 0.2) is 0 Å². The van der Waals surface area contributed by atoms with Crippen LogP contribution in [0.5, 0.6) is 0 Å². The van der Waals surface area contributed by atoms with Crippen LogP contribution in [0.2, 0.25) is 0 Å². The fraction of sp³-hybridized carbons (Fsp3) is 0.960. The number of amides is 1. The van der Waals surface area contributed by atoms with Crippen molar-refractivity contribution in [2.45, 2.75) is 97.1 Å². The SMILES string of the molecule is CNC(=O)CC[C@@H](C)C1CCC2C3C(O)CC4C[C@H](N)CCC4(C)C3CCC21C. The molecule has 0 aromatic carbocycles. The minimum atomic E-state index is -0.145. The predicted molar refractivity (Wildman–Crippen MR) is 117 cm³/mol. The predicted octanol–water partition coefficient (Wildman–Crippen LogP) is 4.11. The Hall–Kier alpha value is -0.610. The first kappa shape index (κ1) is 21.6. The van der Waals surface area contributed by atoms with Crippen molar-refractivity contribution in [3.8, 4) is 0 Å². The first-order valence-electron chi connectivity index (χ1n) is 12.3. The summed E-state index contributed by atoms with van der Waals surface area (Å²) in [5.41, 5.74) is 7.03. The van der Waals surface area contributed by atoms with Crippen molar-refractivity contribution in [3.05, 3.63) is 0 Å². The van der Waals surface area contributed by atoms with E-state index in [1.807, 2.05) is 0 Å². The van der Waals surface area contributed by atoms with E-state index >= 15 is 0 Å². The van der Waals surface area contributed by atoms with Crippen LogP contribution >= 0.6 is 0 Å². The third-order valence-electron chi connectivity index (χ3n) is 10.6. The molecule has 0 aliphatic heterocycles. The molecule has 0 bridgehead atoms. The number of aliphatic hydroxyl groups is 1. The number of hydrogen-bond donors (Lipinski definition) is 3. The molecule has 10 atom stereocenters. The average Bonchev–Trinajstić information content (AvgIpc) is 3.04. The van der Waals surface area contributed by atoms with E-state index in [0.29, 0.717) is 58.8 Å². The number of rotatable bonds is 4. The van der Waals surface area contributed by atoms with Crippen molar-refractivity contribution in [2.75, 3.05) is 7.05 Å². The van der Waals surface area contributed by atoms with Crippen molar-refractivity contribution in [1.82, 2.24) is 5.32 Å². The minimum absolute atomic E-state index is 0.145. The standard InChI is InChI=1S/C25H44N2O2/c1-15(5-8-22(29)27-4)18-6-7-19-23-20(10-12-25(18,19)3)24(2)11-9-17(26)13-16(24)14-21(23)28/h15-21,23,28H,5-14,26H2,1-4H3,(H,27,29)/t15-,16?,17-,18?,19?,20?,21?,23?,24?,25?/m1/s1. The quantitative estimate of drug-likeness (QED) is 0.660. The summed E-state index contributed by atoms with van der Waals surface area (Å²) in [5.74, 6) is 3.83. The van der Waals surface area contributed by atoms with Gasteiger partial charge in [0.2, 0.25) is 5.91 Å².